The maximum Gasteiger partial charge on any atom is 0.243 e. The number of aryl methyl sites for hydroxylation is 1. The highest BCUT2D eigenvalue weighted by atomic mass is 32.2. The predicted molar refractivity (Wildman–Crippen MR) is 127 cm³/mol. The van der Waals surface area contributed by atoms with Gasteiger partial charge < -0.3 is 14.4 Å². The zero-order valence-electron chi connectivity index (χ0n) is 18.6. The van der Waals surface area contributed by atoms with Crippen LogP contribution in [0.4, 0.5) is 5.69 Å². The second-order valence-electron chi connectivity index (χ2n) is 8.07. The summed E-state index contributed by atoms with van der Waals surface area (Å²) in [6, 6.07) is 20.2. The molecular weight excluding hydrogens is 438 g/mol. The Morgan fingerprint density at radius 1 is 0.909 bits per heavy atom. The topological polar surface area (TPSA) is 71.4 Å². The third-order valence-electron chi connectivity index (χ3n) is 5.91. The van der Waals surface area contributed by atoms with Crippen molar-refractivity contribution in [3.8, 4) is 17.2 Å². The van der Waals surface area contributed by atoms with Crippen molar-refractivity contribution >= 4 is 21.5 Å². The molecule has 2 aliphatic rings. The van der Waals surface area contributed by atoms with Crippen molar-refractivity contribution in [1.82, 2.24) is 9.21 Å². The summed E-state index contributed by atoms with van der Waals surface area (Å²) in [7, 11) is -1.90. The summed E-state index contributed by atoms with van der Waals surface area (Å²) in [5, 5.41) is 0. The number of fused-ring (bicyclic) bond motifs is 2. The van der Waals surface area contributed by atoms with Crippen LogP contribution in [-0.4, -0.2) is 56.7 Å². The van der Waals surface area contributed by atoms with Crippen LogP contribution in [0.2, 0.25) is 0 Å². The van der Waals surface area contributed by atoms with Gasteiger partial charge in [0.1, 0.15) is 23.0 Å². The molecule has 0 bridgehead atoms. The molecule has 0 radical (unpaired) electrons. The standard InChI is InChI=1S/C25H25N3O4S/c1-18-8-11-22-24(16-18)32-23-17-19(31-2)9-10-21(23)25(26-22)27-12-14-28(15-13-27)33(29,30)20-6-4-3-5-7-20/h3-11,16-17H,12-15H2,1-2H3. The molecular formula is C25H25N3O4S. The zero-order valence-corrected chi connectivity index (χ0v) is 19.4. The molecule has 0 atom stereocenters. The Balaban J connectivity index is 1.47. The number of nitrogens with zero attached hydrogens (tertiary/aromatic N) is 3. The van der Waals surface area contributed by atoms with Gasteiger partial charge in [0.05, 0.1) is 17.6 Å². The molecule has 0 aromatic heterocycles. The highest BCUT2D eigenvalue weighted by Crippen LogP contribution is 2.40. The second-order valence-corrected chi connectivity index (χ2v) is 10.0. The summed E-state index contributed by atoms with van der Waals surface area (Å²) < 4.78 is 39.3. The first-order chi connectivity index (χ1) is 16.0. The Bertz CT molecular complexity index is 1310. The van der Waals surface area contributed by atoms with Crippen molar-refractivity contribution in [3.05, 3.63) is 77.9 Å². The number of aliphatic imine (C=N–C) groups is 1. The SMILES string of the molecule is COc1ccc2c(c1)Oc1cc(C)ccc1N=C2N1CCN(S(=O)(=O)c2ccccc2)CC1. The average molecular weight is 464 g/mol. The van der Waals surface area contributed by atoms with Crippen molar-refractivity contribution < 1.29 is 17.9 Å². The zero-order chi connectivity index (χ0) is 23.0. The molecule has 7 nitrogen and oxygen atoms in total. The number of methoxy groups -OCH3 is 1. The quantitative estimate of drug-likeness (QED) is 0.582. The first kappa shape index (κ1) is 21.5. The van der Waals surface area contributed by atoms with Crippen LogP contribution in [0.3, 0.4) is 0 Å². The summed E-state index contributed by atoms with van der Waals surface area (Å²) in [6.45, 7) is 3.82. The van der Waals surface area contributed by atoms with Crippen LogP contribution < -0.4 is 9.47 Å². The van der Waals surface area contributed by atoms with Gasteiger partial charge in [0.15, 0.2) is 5.75 Å². The van der Waals surface area contributed by atoms with E-state index in [9.17, 15) is 8.42 Å². The van der Waals surface area contributed by atoms with E-state index in [1.165, 1.54) is 0 Å². The highest BCUT2D eigenvalue weighted by Gasteiger charge is 2.31. The minimum atomic E-state index is -3.52. The van der Waals surface area contributed by atoms with Crippen molar-refractivity contribution in [1.29, 1.82) is 0 Å². The van der Waals surface area contributed by atoms with Crippen LogP contribution in [0.25, 0.3) is 0 Å². The van der Waals surface area contributed by atoms with Gasteiger partial charge >= 0.3 is 0 Å². The number of hydrogen-bond acceptors (Lipinski definition) is 6. The number of benzene rings is 3. The largest absolute Gasteiger partial charge is 0.497 e. The van der Waals surface area contributed by atoms with Gasteiger partial charge in [0.25, 0.3) is 0 Å². The highest BCUT2D eigenvalue weighted by molar-refractivity contribution is 7.89. The van der Waals surface area contributed by atoms with E-state index in [4.69, 9.17) is 14.5 Å². The number of rotatable bonds is 3. The van der Waals surface area contributed by atoms with E-state index in [0.717, 1.165) is 22.6 Å². The first-order valence-electron chi connectivity index (χ1n) is 10.8. The lowest BCUT2D eigenvalue weighted by molar-refractivity contribution is 0.266. The molecule has 0 aliphatic carbocycles. The van der Waals surface area contributed by atoms with Gasteiger partial charge in [-0.2, -0.15) is 4.31 Å². The first-order valence-corrected chi connectivity index (χ1v) is 12.3. The van der Waals surface area contributed by atoms with E-state index in [1.807, 2.05) is 49.4 Å². The van der Waals surface area contributed by atoms with Crippen molar-refractivity contribution in [2.24, 2.45) is 4.99 Å². The molecule has 0 unspecified atom stereocenters. The molecule has 33 heavy (non-hydrogen) atoms. The molecule has 170 valence electrons. The molecule has 1 saturated heterocycles. The number of piperazine rings is 1. The van der Waals surface area contributed by atoms with Gasteiger partial charge in [0, 0.05) is 32.2 Å². The number of sulfonamides is 1. The van der Waals surface area contributed by atoms with Crippen LogP contribution in [0.5, 0.6) is 17.2 Å². The van der Waals surface area contributed by atoms with E-state index in [2.05, 4.69) is 4.90 Å². The molecule has 5 rings (SSSR count). The Labute approximate surface area is 193 Å². The summed E-state index contributed by atoms with van der Waals surface area (Å²) in [6.07, 6.45) is 0. The minimum Gasteiger partial charge on any atom is -0.497 e. The molecule has 8 heteroatoms. The van der Waals surface area contributed by atoms with Crippen molar-refractivity contribution in [2.75, 3.05) is 33.3 Å². The summed E-state index contributed by atoms with van der Waals surface area (Å²) >= 11 is 0. The minimum absolute atomic E-state index is 0.320. The molecule has 2 aliphatic heterocycles. The third kappa shape index (κ3) is 4.07. The smallest absolute Gasteiger partial charge is 0.243 e. The fourth-order valence-electron chi connectivity index (χ4n) is 4.11. The van der Waals surface area contributed by atoms with Crippen molar-refractivity contribution in [2.45, 2.75) is 11.8 Å². The van der Waals surface area contributed by atoms with Crippen LogP contribution >= 0.6 is 0 Å². The Hall–Kier alpha value is -3.36. The van der Waals surface area contributed by atoms with Gasteiger partial charge in [-0.15, -0.1) is 0 Å². The summed E-state index contributed by atoms with van der Waals surface area (Å²) in [5.41, 5.74) is 2.67. The van der Waals surface area contributed by atoms with Gasteiger partial charge in [-0.1, -0.05) is 24.3 Å². The fraction of sp³-hybridized carbons (Fsp3) is 0.240. The van der Waals surface area contributed by atoms with E-state index in [0.29, 0.717) is 48.3 Å². The molecule has 1 fully saturated rings. The Morgan fingerprint density at radius 3 is 2.39 bits per heavy atom. The maximum absolute atomic E-state index is 13.0. The molecule has 0 N–H and O–H groups in total. The molecule has 2 heterocycles. The molecule has 0 spiro atoms. The van der Waals surface area contributed by atoms with E-state index >= 15 is 0 Å². The monoisotopic (exact) mass is 463 g/mol. The lowest BCUT2D eigenvalue weighted by Gasteiger charge is -2.35. The van der Waals surface area contributed by atoms with Crippen LogP contribution in [0.15, 0.2) is 76.6 Å². The summed E-state index contributed by atoms with van der Waals surface area (Å²) in [4.78, 5) is 7.40. The molecule has 0 saturated carbocycles. The number of amidine groups is 1. The second kappa shape index (κ2) is 8.53. The van der Waals surface area contributed by atoms with Gasteiger partial charge in [0.2, 0.25) is 10.0 Å². The van der Waals surface area contributed by atoms with Crippen LogP contribution in [-0.2, 0) is 10.0 Å². The van der Waals surface area contributed by atoms with E-state index in [-0.39, 0.29) is 0 Å². The molecule has 0 amide bonds. The lowest BCUT2D eigenvalue weighted by atomic mass is 10.1. The molecule has 3 aromatic carbocycles. The third-order valence-corrected chi connectivity index (χ3v) is 7.82. The van der Waals surface area contributed by atoms with Gasteiger partial charge in [-0.05, 0) is 48.9 Å². The predicted octanol–water partition coefficient (Wildman–Crippen LogP) is 4.19. The van der Waals surface area contributed by atoms with Crippen LogP contribution in [0, 0.1) is 6.92 Å². The molecule has 3 aromatic rings. The van der Waals surface area contributed by atoms with E-state index in [1.54, 1.807) is 35.7 Å². The maximum atomic E-state index is 13.0. The summed E-state index contributed by atoms with van der Waals surface area (Å²) in [5.74, 6) is 2.82. The van der Waals surface area contributed by atoms with E-state index < -0.39 is 10.0 Å². The van der Waals surface area contributed by atoms with Gasteiger partial charge in [-0.3, -0.25) is 0 Å². The Morgan fingerprint density at radius 2 is 1.67 bits per heavy atom. The normalized spacial score (nSPS) is 16.2. The Kier molecular flexibility index (Phi) is 5.55. The van der Waals surface area contributed by atoms with Crippen molar-refractivity contribution in [3.63, 3.8) is 0 Å². The number of hydrogen-bond donors (Lipinski definition) is 0. The fourth-order valence-corrected chi connectivity index (χ4v) is 5.55. The van der Waals surface area contributed by atoms with Crippen LogP contribution in [0.1, 0.15) is 11.1 Å². The van der Waals surface area contributed by atoms with Gasteiger partial charge in [-0.25, -0.2) is 13.4 Å². The average Bonchev–Trinajstić information content (AvgIpc) is 3.00. The lowest BCUT2D eigenvalue weighted by Crippen LogP contribution is -2.50. The number of ether oxygens (including phenoxy) is 2.